The summed E-state index contributed by atoms with van der Waals surface area (Å²) >= 11 is 5.64. The number of nitrogens with zero attached hydrogens (tertiary/aromatic N) is 4. The largest absolute Gasteiger partial charge is 0.336 e. The van der Waals surface area contributed by atoms with Crippen molar-refractivity contribution in [2.24, 2.45) is 0 Å². The van der Waals surface area contributed by atoms with Crippen LogP contribution in [0.5, 0.6) is 0 Å². The monoisotopic (exact) mass is 361 g/mol. The van der Waals surface area contributed by atoms with E-state index in [0.29, 0.717) is 25.3 Å². The number of rotatable bonds is 4. The van der Waals surface area contributed by atoms with E-state index >= 15 is 0 Å². The summed E-state index contributed by atoms with van der Waals surface area (Å²) in [5, 5.41) is 6.52. The molecular formula is C13H20ClN5O3S. The summed E-state index contributed by atoms with van der Waals surface area (Å²) in [6, 6.07) is -0.318. The van der Waals surface area contributed by atoms with Gasteiger partial charge in [-0.1, -0.05) is 6.92 Å². The molecule has 0 bridgehead atoms. The van der Waals surface area contributed by atoms with E-state index in [1.54, 1.807) is 4.90 Å². The first kappa shape index (κ1) is 16.7. The van der Waals surface area contributed by atoms with Gasteiger partial charge in [0.25, 0.3) is 0 Å². The molecule has 2 atom stereocenters. The Balaban J connectivity index is 1.68. The molecule has 2 aliphatic rings. The fourth-order valence-electron chi connectivity index (χ4n) is 3.48. The highest BCUT2D eigenvalue weighted by atomic mass is 35.5. The minimum Gasteiger partial charge on any atom is -0.336 e. The molecule has 0 radical (unpaired) electrons. The highest BCUT2D eigenvalue weighted by molar-refractivity contribution is 7.91. The lowest BCUT2D eigenvalue weighted by molar-refractivity contribution is -0.136. The summed E-state index contributed by atoms with van der Waals surface area (Å²) in [6.07, 6.45) is 0.678. The predicted octanol–water partition coefficient (Wildman–Crippen LogP) is -0.280. The molecule has 128 valence electrons. The van der Waals surface area contributed by atoms with E-state index in [1.807, 2.05) is 6.92 Å². The summed E-state index contributed by atoms with van der Waals surface area (Å²) in [4.78, 5) is 20.4. The summed E-state index contributed by atoms with van der Waals surface area (Å²) in [5.41, 5.74) is 0. The molecule has 1 amide bonds. The van der Waals surface area contributed by atoms with Gasteiger partial charge in [-0.3, -0.25) is 14.8 Å². The number of piperazine rings is 1. The normalized spacial score (nSPS) is 27.1. The summed E-state index contributed by atoms with van der Waals surface area (Å²) in [6.45, 7) is 4.11. The fraction of sp³-hybridized carbons (Fsp3) is 0.769. The average Bonchev–Trinajstić information content (AvgIpc) is 3.05. The highest BCUT2D eigenvalue weighted by Gasteiger charge is 2.47. The number of aromatic nitrogens is 3. The number of sulfone groups is 1. The second-order valence-electron chi connectivity index (χ2n) is 5.98. The molecule has 0 saturated carbocycles. The van der Waals surface area contributed by atoms with Gasteiger partial charge in [0.05, 0.1) is 17.5 Å². The SMILES string of the molecule is CCN1CCN(C(=O)CCc2nc(Cl)n[nH]2)C2CS(=O)(=O)CC21. The van der Waals surface area contributed by atoms with Crippen LogP contribution >= 0.6 is 11.6 Å². The van der Waals surface area contributed by atoms with E-state index in [9.17, 15) is 13.2 Å². The average molecular weight is 362 g/mol. The number of likely N-dealkylation sites (N-methyl/N-ethyl adjacent to an activating group) is 1. The van der Waals surface area contributed by atoms with Crippen LogP contribution in [0.25, 0.3) is 0 Å². The zero-order valence-electron chi connectivity index (χ0n) is 12.9. The van der Waals surface area contributed by atoms with Crippen LogP contribution in [0, 0.1) is 0 Å². The zero-order chi connectivity index (χ0) is 16.6. The Morgan fingerprint density at radius 2 is 2.09 bits per heavy atom. The van der Waals surface area contributed by atoms with E-state index in [2.05, 4.69) is 20.1 Å². The molecule has 0 aliphatic carbocycles. The molecule has 0 aromatic carbocycles. The molecule has 2 saturated heterocycles. The van der Waals surface area contributed by atoms with Crippen LogP contribution in [-0.2, 0) is 21.1 Å². The molecule has 10 heteroatoms. The van der Waals surface area contributed by atoms with Crippen molar-refractivity contribution in [2.75, 3.05) is 31.1 Å². The molecule has 1 aromatic rings. The lowest BCUT2D eigenvalue weighted by atomic mass is 10.0. The van der Waals surface area contributed by atoms with Gasteiger partial charge in [-0.2, -0.15) is 0 Å². The Bertz CT molecular complexity index is 692. The first-order chi connectivity index (χ1) is 10.9. The van der Waals surface area contributed by atoms with Gasteiger partial charge in [-0.25, -0.2) is 13.4 Å². The van der Waals surface area contributed by atoms with Crippen molar-refractivity contribution in [3.05, 3.63) is 11.1 Å². The van der Waals surface area contributed by atoms with Gasteiger partial charge in [-0.15, -0.1) is 5.10 Å². The van der Waals surface area contributed by atoms with E-state index in [1.165, 1.54) is 0 Å². The number of amides is 1. The molecule has 2 aliphatic heterocycles. The van der Waals surface area contributed by atoms with Crippen molar-refractivity contribution < 1.29 is 13.2 Å². The number of hydrogen-bond donors (Lipinski definition) is 1. The van der Waals surface area contributed by atoms with Crippen LogP contribution in [0.3, 0.4) is 0 Å². The quantitative estimate of drug-likeness (QED) is 0.791. The third kappa shape index (κ3) is 3.51. The number of carbonyl (C=O) groups is 1. The Hall–Kier alpha value is -1.19. The number of H-pyrrole nitrogens is 1. The summed E-state index contributed by atoms with van der Waals surface area (Å²) in [5.74, 6) is 0.729. The van der Waals surface area contributed by atoms with Crippen molar-refractivity contribution >= 4 is 27.3 Å². The second-order valence-corrected chi connectivity index (χ2v) is 8.47. The van der Waals surface area contributed by atoms with Gasteiger partial charge in [-0.05, 0) is 18.1 Å². The number of aromatic amines is 1. The molecule has 8 nitrogen and oxygen atoms in total. The Morgan fingerprint density at radius 3 is 2.74 bits per heavy atom. The highest BCUT2D eigenvalue weighted by Crippen LogP contribution is 2.27. The van der Waals surface area contributed by atoms with Crippen molar-refractivity contribution in [1.82, 2.24) is 25.0 Å². The molecule has 3 heterocycles. The molecular weight excluding hydrogens is 342 g/mol. The third-order valence-corrected chi connectivity index (χ3v) is 6.47. The van der Waals surface area contributed by atoms with E-state index < -0.39 is 9.84 Å². The van der Waals surface area contributed by atoms with Crippen LogP contribution in [0.2, 0.25) is 5.28 Å². The van der Waals surface area contributed by atoms with E-state index in [-0.39, 0.29) is 41.2 Å². The van der Waals surface area contributed by atoms with Crippen molar-refractivity contribution in [3.8, 4) is 0 Å². The second kappa shape index (κ2) is 6.37. The summed E-state index contributed by atoms with van der Waals surface area (Å²) < 4.78 is 24.0. The smallest absolute Gasteiger partial charge is 0.242 e. The lowest BCUT2D eigenvalue weighted by Crippen LogP contribution is -2.60. The molecule has 2 fully saturated rings. The standard InChI is InChI=1S/C13H20ClN5O3S/c1-2-18-5-6-19(10-8-23(21,22)7-9(10)18)12(20)4-3-11-15-13(14)17-16-11/h9-10H,2-8H2,1H3,(H,15,16,17). The van der Waals surface area contributed by atoms with E-state index in [0.717, 1.165) is 6.54 Å². The maximum absolute atomic E-state index is 12.5. The van der Waals surface area contributed by atoms with Crippen LogP contribution in [0.15, 0.2) is 0 Å². The number of hydrogen-bond acceptors (Lipinski definition) is 6. The first-order valence-electron chi connectivity index (χ1n) is 7.70. The molecule has 23 heavy (non-hydrogen) atoms. The van der Waals surface area contributed by atoms with Gasteiger partial charge < -0.3 is 4.90 Å². The summed E-state index contributed by atoms with van der Waals surface area (Å²) in [7, 11) is -3.08. The minimum atomic E-state index is -3.08. The van der Waals surface area contributed by atoms with Gasteiger partial charge in [0, 0.05) is 32.0 Å². The van der Waals surface area contributed by atoms with Crippen LogP contribution < -0.4 is 0 Å². The van der Waals surface area contributed by atoms with Crippen LogP contribution in [-0.4, -0.2) is 82.5 Å². The molecule has 2 unspecified atom stereocenters. The minimum absolute atomic E-state index is 0.0413. The fourth-order valence-corrected chi connectivity index (χ4v) is 5.64. The topological polar surface area (TPSA) is 99.3 Å². The lowest BCUT2D eigenvalue weighted by Gasteiger charge is -2.43. The number of aryl methyl sites for hydroxylation is 1. The van der Waals surface area contributed by atoms with Gasteiger partial charge in [0.2, 0.25) is 11.2 Å². The number of halogens is 1. The van der Waals surface area contributed by atoms with Crippen molar-refractivity contribution in [2.45, 2.75) is 31.8 Å². The van der Waals surface area contributed by atoms with Crippen molar-refractivity contribution in [1.29, 1.82) is 0 Å². The molecule has 0 spiro atoms. The molecule has 1 aromatic heterocycles. The van der Waals surface area contributed by atoms with Crippen molar-refractivity contribution in [3.63, 3.8) is 0 Å². The van der Waals surface area contributed by atoms with Gasteiger partial charge >= 0.3 is 0 Å². The third-order valence-electron chi connectivity index (χ3n) is 4.60. The number of nitrogens with one attached hydrogen (secondary N) is 1. The zero-order valence-corrected chi connectivity index (χ0v) is 14.5. The number of carbonyl (C=O) groups excluding carboxylic acids is 1. The Labute approximate surface area is 140 Å². The maximum atomic E-state index is 12.5. The molecule has 1 N–H and O–H groups in total. The maximum Gasteiger partial charge on any atom is 0.242 e. The van der Waals surface area contributed by atoms with Crippen LogP contribution in [0.4, 0.5) is 0 Å². The van der Waals surface area contributed by atoms with E-state index in [4.69, 9.17) is 11.6 Å². The number of fused-ring (bicyclic) bond motifs is 1. The predicted molar refractivity (Wildman–Crippen MR) is 84.9 cm³/mol. The Morgan fingerprint density at radius 1 is 1.35 bits per heavy atom. The Kier molecular flexibility index (Phi) is 4.61. The van der Waals surface area contributed by atoms with Gasteiger partial charge in [0.15, 0.2) is 9.84 Å². The first-order valence-corrected chi connectivity index (χ1v) is 9.90. The molecule has 3 rings (SSSR count). The van der Waals surface area contributed by atoms with Gasteiger partial charge in [0.1, 0.15) is 5.82 Å². The van der Waals surface area contributed by atoms with Crippen LogP contribution in [0.1, 0.15) is 19.2 Å².